The summed E-state index contributed by atoms with van der Waals surface area (Å²) >= 11 is 0. The molecule has 0 unspecified atom stereocenters. The second-order valence-electron chi connectivity index (χ2n) is 3.01. The number of hydrogen-bond donors (Lipinski definition) is 3. The van der Waals surface area contributed by atoms with Gasteiger partial charge in [-0.25, -0.2) is 0 Å². The Labute approximate surface area is 78.0 Å². The highest BCUT2D eigenvalue weighted by atomic mass is 16.3. The van der Waals surface area contributed by atoms with Gasteiger partial charge in [0, 0.05) is 24.9 Å². The van der Waals surface area contributed by atoms with E-state index in [0.29, 0.717) is 12.2 Å². The molecule has 1 rings (SSSR count). The topological polar surface area (TPSA) is 52.5 Å². The van der Waals surface area contributed by atoms with E-state index >= 15 is 0 Å². The monoisotopic (exact) mass is 181 g/mol. The van der Waals surface area contributed by atoms with Gasteiger partial charge in [0.05, 0.1) is 0 Å². The minimum Gasteiger partial charge on any atom is -0.508 e. The maximum absolute atomic E-state index is 9.37. The molecule has 0 aliphatic rings. The third-order valence-corrected chi connectivity index (χ3v) is 1.87. The first-order chi connectivity index (χ1) is 6.24. The number of phenols is 1. The van der Waals surface area contributed by atoms with Crippen molar-refractivity contribution in [3.05, 3.63) is 23.8 Å². The average molecular weight is 181 g/mol. The predicted molar refractivity (Wildman–Crippen MR) is 53.0 cm³/mol. The zero-order valence-corrected chi connectivity index (χ0v) is 7.75. The highest BCUT2D eigenvalue weighted by molar-refractivity contribution is 5.50. The van der Waals surface area contributed by atoms with Gasteiger partial charge < -0.3 is 15.5 Å². The molecule has 3 nitrogen and oxygen atoms in total. The molecule has 13 heavy (non-hydrogen) atoms. The van der Waals surface area contributed by atoms with E-state index in [1.54, 1.807) is 6.07 Å². The maximum atomic E-state index is 9.37. The summed E-state index contributed by atoms with van der Waals surface area (Å²) < 4.78 is 0. The lowest BCUT2D eigenvalue weighted by Gasteiger charge is -2.06. The number of anilines is 1. The average Bonchev–Trinajstić information content (AvgIpc) is 2.12. The van der Waals surface area contributed by atoms with Crippen LogP contribution < -0.4 is 5.32 Å². The fourth-order valence-electron chi connectivity index (χ4n) is 1.03. The summed E-state index contributed by atoms with van der Waals surface area (Å²) in [6.07, 6.45) is 0.717. The van der Waals surface area contributed by atoms with Crippen LogP contribution in [0.3, 0.4) is 0 Å². The normalized spacial score (nSPS) is 10.0. The van der Waals surface area contributed by atoms with Gasteiger partial charge in [-0.3, -0.25) is 0 Å². The lowest BCUT2D eigenvalue weighted by atomic mass is 10.2. The molecule has 1 aromatic carbocycles. The summed E-state index contributed by atoms with van der Waals surface area (Å²) in [6.45, 7) is 2.76. The van der Waals surface area contributed by atoms with Crippen molar-refractivity contribution in [1.82, 2.24) is 0 Å². The third-order valence-electron chi connectivity index (χ3n) is 1.87. The largest absolute Gasteiger partial charge is 0.508 e. The number of aliphatic hydroxyl groups excluding tert-OH is 1. The molecule has 3 N–H and O–H groups in total. The van der Waals surface area contributed by atoms with Crippen molar-refractivity contribution in [1.29, 1.82) is 0 Å². The number of phenolic OH excluding ortho intramolecular Hbond substituents is 1. The molecule has 0 bridgehead atoms. The minimum absolute atomic E-state index is 0.185. The molecule has 0 spiro atoms. The van der Waals surface area contributed by atoms with Crippen LogP contribution in [0.5, 0.6) is 5.75 Å². The fourth-order valence-corrected chi connectivity index (χ4v) is 1.03. The SMILES string of the molecule is Cc1ccc(NCCCO)cc1O. The van der Waals surface area contributed by atoms with Crippen LogP contribution >= 0.6 is 0 Å². The molecule has 0 heterocycles. The van der Waals surface area contributed by atoms with Crippen molar-refractivity contribution >= 4 is 5.69 Å². The summed E-state index contributed by atoms with van der Waals surface area (Å²) in [6, 6.07) is 5.45. The van der Waals surface area contributed by atoms with E-state index in [1.807, 2.05) is 19.1 Å². The van der Waals surface area contributed by atoms with Crippen LogP contribution in [-0.4, -0.2) is 23.4 Å². The third kappa shape index (κ3) is 2.95. The molecule has 0 aromatic heterocycles. The van der Waals surface area contributed by atoms with Crippen molar-refractivity contribution in [2.45, 2.75) is 13.3 Å². The second kappa shape index (κ2) is 4.72. The Morgan fingerprint density at radius 2 is 2.15 bits per heavy atom. The van der Waals surface area contributed by atoms with Crippen LogP contribution in [0.1, 0.15) is 12.0 Å². The van der Waals surface area contributed by atoms with Crippen LogP contribution in [0.4, 0.5) is 5.69 Å². The van der Waals surface area contributed by atoms with Gasteiger partial charge in [0.15, 0.2) is 0 Å². The molecule has 0 saturated heterocycles. The van der Waals surface area contributed by atoms with Crippen molar-refractivity contribution in [3.63, 3.8) is 0 Å². The summed E-state index contributed by atoms with van der Waals surface area (Å²) in [7, 11) is 0. The number of benzene rings is 1. The Morgan fingerprint density at radius 1 is 1.38 bits per heavy atom. The highest BCUT2D eigenvalue weighted by Gasteiger charge is 1.96. The van der Waals surface area contributed by atoms with Crippen molar-refractivity contribution in [2.24, 2.45) is 0 Å². The van der Waals surface area contributed by atoms with Gasteiger partial charge in [-0.15, -0.1) is 0 Å². The van der Waals surface area contributed by atoms with E-state index in [1.165, 1.54) is 0 Å². The van der Waals surface area contributed by atoms with Gasteiger partial charge in [-0.1, -0.05) is 6.07 Å². The zero-order chi connectivity index (χ0) is 9.68. The molecule has 0 aliphatic carbocycles. The molecule has 0 radical (unpaired) electrons. The summed E-state index contributed by atoms with van der Waals surface area (Å²) in [4.78, 5) is 0. The minimum atomic E-state index is 0.185. The summed E-state index contributed by atoms with van der Waals surface area (Å²) in [5.74, 6) is 0.300. The first-order valence-electron chi connectivity index (χ1n) is 4.38. The molecule has 0 atom stereocenters. The molecular weight excluding hydrogens is 166 g/mol. The quantitative estimate of drug-likeness (QED) is 0.617. The maximum Gasteiger partial charge on any atom is 0.120 e. The Balaban J connectivity index is 2.53. The molecule has 0 amide bonds. The van der Waals surface area contributed by atoms with Gasteiger partial charge >= 0.3 is 0 Å². The Hall–Kier alpha value is -1.22. The van der Waals surface area contributed by atoms with Crippen LogP contribution in [0.2, 0.25) is 0 Å². The zero-order valence-electron chi connectivity index (χ0n) is 7.75. The van der Waals surface area contributed by atoms with Gasteiger partial charge in [0.25, 0.3) is 0 Å². The molecular formula is C10H15NO2. The van der Waals surface area contributed by atoms with Crippen LogP contribution in [0.25, 0.3) is 0 Å². The van der Waals surface area contributed by atoms with Crippen molar-refractivity contribution in [3.8, 4) is 5.75 Å². The van der Waals surface area contributed by atoms with Gasteiger partial charge in [0.2, 0.25) is 0 Å². The van der Waals surface area contributed by atoms with Gasteiger partial charge in [-0.2, -0.15) is 0 Å². The van der Waals surface area contributed by atoms with Gasteiger partial charge in [0.1, 0.15) is 5.75 Å². The number of rotatable bonds is 4. The number of nitrogens with one attached hydrogen (secondary N) is 1. The molecule has 72 valence electrons. The van der Waals surface area contributed by atoms with E-state index < -0.39 is 0 Å². The lowest BCUT2D eigenvalue weighted by molar-refractivity contribution is 0.292. The Bertz CT molecular complexity index is 274. The molecule has 0 fully saturated rings. The number of aryl methyl sites for hydroxylation is 1. The smallest absolute Gasteiger partial charge is 0.120 e. The van der Waals surface area contributed by atoms with E-state index in [4.69, 9.17) is 5.11 Å². The molecule has 1 aromatic rings. The van der Waals surface area contributed by atoms with E-state index in [-0.39, 0.29) is 6.61 Å². The van der Waals surface area contributed by atoms with E-state index in [9.17, 15) is 5.11 Å². The lowest BCUT2D eigenvalue weighted by Crippen LogP contribution is -2.03. The molecule has 3 heteroatoms. The van der Waals surface area contributed by atoms with Gasteiger partial charge in [-0.05, 0) is 25.0 Å². The predicted octanol–water partition coefficient (Wildman–Crippen LogP) is 1.49. The standard InChI is InChI=1S/C10H15NO2/c1-8-3-4-9(7-10(8)13)11-5-2-6-12/h3-4,7,11-13H,2,5-6H2,1H3. The Morgan fingerprint density at radius 3 is 2.77 bits per heavy atom. The van der Waals surface area contributed by atoms with Crippen LogP contribution in [-0.2, 0) is 0 Å². The van der Waals surface area contributed by atoms with E-state index in [0.717, 1.165) is 17.8 Å². The molecule has 0 aliphatic heterocycles. The van der Waals surface area contributed by atoms with E-state index in [2.05, 4.69) is 5.32 Å². The van der Waals surface area contributed by atoms with Crippen molar-refractivity contribution in [2.75, 3.05) is 18.5 Å². The number of aromatic hydroxyl groups is 1. The second-order valence-corrected chi connectivity index (χ2v) is 3.01. The number of hydrogen-bond acceptors (Lipinski definition) is 3. The van der Waals surface area contributed by atoms with Crippen LogP contribution in [0, 0.1) is 6.92 Å². The summed E-state index contributed by atoms with van der Waals surface area (Å²) in [5, 5.41) is 21.0. The first kappa shape index (κ1) is 9.86. The highest BCUT2D eigenvalue weighted by Crippen LogP contribution is 2.20. The van der Waals surface area contributed by atoms with Crippen LogP contribution in [0.15, 0.2) is 18.2 Å². The summed E-state index contributed by atoms with van der Waals surface area (Å²) in [5.41, 5.74) is 1.75. The number of aliphatic hydroxyl groups is 1. The Kier molecular flexibility index (Phi) is 3.58. The first-order valence-corrected chi connectivity index (χ1v) is 4.38. The molecule has 0 saturated carbocycles. The van der Waals surface area contributed by atoms with Crippen molar-refractivity contribution < 1.29 is 10.2 Å². The fraction of sp³-hybridized carbons (Fsp3) is 0.400.